The average molecular weight is 573 g/mol. The van der Waals surface area contributed by atoms with Crippen molar-refractivity contribution in [2.75, 3.05) is 13.2 Å². The van der Waals surface area contributed by atoms with Gasteiger partial charge in [-0.3, -0.25) is 0 Å². The predicted octanol–water partition coefficient (Wildman–Crippen LogP) is 13.8. The maximum absolute atomic E-state index is 5.95. The number of benzene rings is 1. The lowest BCUT2D eigenvalue weighted by Gasteiger charge is -2.09. The lowest BCUT2D eigenvalue weighted by molar-refractivity contribution is 0.296. The molecule has 0 spiro atoms. The Balaban J connectivity index is 1.81. The second-order valence-electron chi connectivity index (χ2n) is 12.7. The van der Waals surface area contributed by atoms with Crippen LogP contribution in [0.4, 0.5) is 0 Å². The van der Waals surface area contributed by atoms with Gasteiger partial charge in [0.1, 0.15) is 11.5 Å². The van der Waals surface area contributed by atoms with E-state index in [1.54, 1.807) is 0 Å². The molecule has 2 nitrogen and oxygen atoms in total. The first-order chi connectivity index (χ1) is 20.4. The van der Waals surface area contributed by atoms with Gasteiger partial charge in [-0.05, 0) is 37.1 Å². The van der Waals surface area contributed by atoms with E-state index in [0.717, 1.165) is 37.6 Å². The Morgan fingerprint density at radius 2 is 0.488 bits per heavy atom. The highest BCUT2D eigenvalue weighted by Gasteiger charge is 1.99. The van der Waals surface area contributed by atoms with Crippen molar-refractivity contribution in [1.29, 1.82) is 0 Å². The van der Waals surface area contributed by atoms with Gasteiger partial charge in [-0.25, -0.2) is 0 Å². The minimum Gasteiger partial charge on any atom is -0.494 e. The van der Waals surface area contributed by atoms with Crippen molar-refractivity contribution in [3.05, 3.63) is 24.3 Å². The van der Waals surface area contributed by atoms with E-state index in [9.17, 15) is 0 Å². The average Bonchev–Trinajstić information content (AvgIpc) is 2.99. The van der Waals surface area contributed by atoms with Gasteiger partial charge in [-0.1, -0.05) is 187 Å². The summed E-state index contributed by atoms with van der Waals surface area (Å²) in [4.78, 5) is 0. The first kappa shape index (κ1) is 37.8. The molecule has 0 aliphatic carbocycles. The van der Waals surface area contributed by atoms with Gasteiger partial charge in [-0.15, -0.1) is 0 Å². The van der Waals surface area contributed by atoms with Crippen LogP contribution >= 0.6 is 0 Å². The molecule has 0 aliphatic rings. The van der Waals surface area contributed by atoms with Crippen LogP contribution in [-0.4, -0.2) is 13.2 Å². The first-order valence-electron chi connectivity index (χ1n) is 18.7. The van der Waals surface area contributed by atoms with Gasteiger partial charge in [-0.2, -0.15) is 0 Å². The zero-order valence-corrected chi connectivity index (χ0v) is 28.0. The molecular weight excluding hydrogens is 500 g/mol. The highest BCUT2D eigenvalue weighted by atomic mass is 16.5. The smallest absolute Gasteiger partial charge is 0.119 e. The molecule has 0 saturated carbocycles. The maximum Gasteiger partial charge on any atom is 0.119 e. The minimum atomic E-state index is 0.830. The summed E-state index contributed by atoms with van der Waals surface area (Å²) in [5, 5.41) is 0. The maximum atomic E-state index is 5.95. The molecule has 240 valence electrons. The van der Waals surface area contributed by atoms with E-state index < -0.39 is 0 Å². The molecule has 1 aromatic rings. The van der Waals surface area contributed by atoms with E-state index in [-0.39, 0.29) is 0 Å². The van der Waals surface area contributed by atoms with Crippen molar-refractivity contribution in [2.45, 2.75) is 200 Å². The van der Waals surface area contributed by atoms with Crippen LogP contribution < -0.4 is 9.47 Å². The Bertz CT molecular complexity index is 610. The Kier molecular flexibility index (Phi) is 29.3. The SMILES string of the molecule is CCCCCCCCCCCCCCCCCCCOc1ccc(OCCCCCCCCCCCCCC)cc1. The fourth-order valence-corrected chi connectivity index (χ4v) is 5.78. The van der Waals surface area contributed by atoms with Gasteiger partial charge in [0.15, 0.2) is 0 Å². The van der Waals surface area contributed by atoms with E-state index in [4.69, 9.17) is 9.47 Å². The molecular formula is C39H72O2. The van der Waals surface area contributed by atoms with Crippen LogP contribution in [0.2, 0.25) is 0 Å². The molecule has 0 saturated heterocycles. The normalized spacial score (nSPS) is 11.3. The lowest BCUT2D eigenvalue weighted by atomic mass is 10.0. The predicted molar refractivity (Wildman–Crippen MR) is 183 cm³/mol. The third-order valence-corrected chi connectivity index (χ3v) is 8.61. The Morgan fingerprint density at radius 1 is 0.293 bits per heavy atom. The van der Waals surface area contributed by atoms with Crippen molar-refractivity contribution in [3.63, 3.8) is 0 Å². The molecule has 0 unspecified atom stereocenters. The molecule has 0 fully saturated rings. The summed E-state index contributed by atoms with van der Waals surface area (Å²) >= 11 is 0. The van der Waals surface area contributed by atoms with E-state index >= 15 is 0 Å². The molecule has 0 aliphatic heterocycles. The molecule has 0 aromatic heterocycles. The van der Waals surface area contributed by atoms with Gasteiger partial charge < -0.3 is 9.47 Å². The number of ether oxygens (including phenoxy) is 2. The van der Waals surface area contributed by atoms with Crippen LogP contribution in [0.25, 0.3) is 0 Å². The summed E-state index contributed by atoms with van der Waals surface area (Å²) in [7, 11) is 0. The molecule has 1 rings (SSSR count). The Labute approximate surface area is 258 Å². The van der Waals surface area contributed by atoms with Gasteiger partial charge in [0, 0.05) is 0 Å². The highest BCUT2D eigenvalue weighted by Crippen LogP contribution is 2.19. The third-order valence-electron chi connectivity index (χ3n) is 8.61. The third kappa shape index (κ3) is 27.4. The quantitative estimate of drug-likeness (QED) is 0.0780. The second kappa shape index (κ2) is 31.7. The second-order valence-corrected chi connectivity index (χ2v) is 12.7. The molecule has 0 radical (unpaired) electrons. The van der Waals surface area contributed by atoms with E-state index in [1.807, 2.05) is 0 Å². The van der Waals surface area contributed by atoms with Crippen LogP contribution in [0.15, 0.2) is 24.3 Å². The molecule has 2 heteroatoms. The van der Waals surface area contributed by atoms with Crippen LogP contribution in [0, 0.1) is 0 Å². The fraction of sp³-hybridized carbons (Fsp3) is 0.846. The van der Waals surface area contributed by atoms with Crippen molar-refractivity contribution in [2.24, 2.45) is 0 Å². The molecule has 0 atom stereocenters. The van der Waals surface area contributed by atoms with Gasteiger partial charge >= 0.3 is 0 Å². The molecule has 0 N–H and O–H groups in total. The fourth-order valence-electron chi connectivity index (χ4n) is 5.78. The van der Waals surface area contributed by atoms with Crippen LogP contribution in [0.1, 0.15) is 200 Å². The summed E-state index contributed by atoms with van der Waals surface area (Å²) in [5.74, 6) is 1.94. The Hall–Kier alpha value is -1.18. The van der Waals surface area contributed by atoms with E-state index in [1.165, 1.54) is 173 Å². The molecule has 0 bridgehead atoms. The topological polar surface area (TPSA) is 18.5 Å². The summed E-state index contributed by atoms with van der Waals surface area (Å²) in [5.41, 5.74) is 0. The molecule has 1 aromatic carbocycles. The first-order valence-corrected chi connectivity index (χ1v) is 18.7. The van der Waals surface area contributed by atoms with Crippen molar-refractivity contribution >= 4 is 0 Å². The summed E-state index contributed by atoms with van der Waals surface area (Å²) < 4.78 is 11.9. The lowest BCUT2D eigenvalue weighted by Crippen LogP contribution is -1.99. The minimum absolute atomic E-state index is 0.830. The van der Waals surface area contributed by atoms with Gasteiger partial charge in [0.2, 0.25) is 0 Å². The van der Waals surface area contributed by atoms with Crippen LogP contribution in [0.3, 0.4) is 0 Å². The zero-order valence-electron chi connectivity index (χ0n) is 28.0. The van der Waals surface area contributed by atoms with E-state index in [0.29, 0.717) is 0 Å². The molecule has 0 heterocycles. The van der Waals surface area contributed by atoms with Gasteiger partial charge in [0.05, 0.1) is 13.2 Å². The zero-order chi connectivity index (χ0) is 29.3. The number of rotatable bonds is 33. The van der Waals surface area contributed by atoms with Gasteiger partial charge in [0.25, 0.3) is 0 Å². The monoisotopic (exact) mass is 573 g/mol. The van der Waals surface area contributed by atoms with Crippen molar-refractivity contribution in [1.82, 2.24) is 0 Å². The molecule has 0 amide bonds. The van der Waals surface area contributed by atoms with E-state index in [2.05, 4.69) is 38.1 Å². The summed E-state index contributed by atoms with van der Waals surface area (Å²) in [6.45, 7) is 6.25. The number of hydrogen-bond acceptors (Lipinski definition) is 2. The number of unbranched alkanes of at least 4 members (excludes halogenated alkanes) is 27. The molecule has 41 heavy (non-hydrogen) atoms. The Morgan fingerprint density at radius 3 is 0.707 bits per heavy atom. The highest BCUT2D eigenvalue weighted by molar-refractivity contribution is 5.31. The number of hydrogen-bond donors (Lipinski definition) is 0. The summed E-state index contributed by atoms with van der Waals surface area (Å²) in [6, 6.07) is 8.24. The van der Waals surface area contributed by atoms with Crippen LogP contribution in [-0.2, 0) is 0 Å². The standard InChI is InChI=1S/C39H72O2/c1-3-5-7-9-11-13-15-17-18-19-20-21-23-25-27-29-31-37-41-39-34-32-38(33-35-39)40-36-30-28-26-24-22-16-14-12-10-8-6-4-2/h32-35H,3-31,36-37H2,1-2H3. The van der Waals surface area contributed by atoms with Crippen molar-refractivity contribution in [3.8, 4) is 11.5 Å². The van der Waals surface area contributed by atoms with Crippen molar-refractivity contribution < 1.29 is 9.47 Å². The largest absolute Gasteiger partial charge is 0.494 e. The summed E-state index contributed by atoms with van der Waals surface area (Å²) in [6.07, 6.45) is 40.5. The van der Waals surface area contributed by atoms with Crippen LogP contribution in [0.5, 0.6) is 11.5 Å².